The van der Waals surface area contributed by atoms with Crippen LogP contribution in [-0.2, 0) is 14.3 Å². The minimum absolute atomic E-state index is 0.00993. The van der Waals surface area contributed by atoms with Crippen LogP contribution in [0.2, 0.25) is 0 Å². The molecule has 1 aliphatic heterocycles. The smallest absolute Gasteiger partial charge is 0.340 e. The number of ether oxygens (including phenoxy) is 2. The van der Waals surface area contributed by atoms with Gasteiger partial charge in [-0.15, -0.1) is 0 Å². The molecular formula is C29H30N2O3. The number of carbonyl (C=O) groups is 1. The molecule has 174 valence electrons. The molecule has 0 spiro atoms. The summed E-state index contributed by atoms with van der Waals surface area (Å²) >= 11 is 0. The molecule has 4 atom stereocenters. The Hall–Kier alpha value is -3.52. The molecule has 0 saturated heterocycles. The Bertz CT molecular complexity index is 1220. The van der Waals surface area contributed by atoms with Gasteiger partial charge in [-0.1, -0.05) is 81.4 Å². The zero-order valence-corrected chi connectivity index (χ0v) is 19.9. The van der Waals surface area contributed by atoms with Crippen LogP contribution in [0.3, 0.4) is 0 Å². The SMILES string of the molecule is CC1(C)[C@H]2CC[C@]1(C)[C@H](OC(=O)C1=C(N)OC(c3ccccc3)=C(C#N)C1c1ccccc1)C2. The average molecular weight is 455 g/mol. The van der Waals surface area contributed by atoms with Gasteiger partial charge in [-0.25, -0.2) is 4.79 Å². The highest BCUT2D eigenvalue weighted by Gasteiger charge is 2.63. The van der Waals surface area contributed by atoms with Gasteiger partial charge in [0.1, 0.15) is 11.7 Å². The Morgan fingerprint density at radius 3 is 2.29 bits per heavy atom. The van der Waals surface area contributed by atoms with Crippen molar-refractivity contribution in [2.24, 2.45) is 22.5 Å². The topological polar surface area (TPSA) is 85.3 Å². The van der Waals surface area contributed by atoms with E-state index >= 15 is 0 Å². The molecule has 1 unspecified atom stereocenters. The van der Waals surface area contributed by atoms with Crippen molar-refractivity contribution in [1.29, 1.82) is 5.26 Å². The first kappa shape index (κ1) is 22.3. The van der Waals surface area contributed by atoms with E-state index in [0.29, 0.717) is 17.3 Å². The van der Waals surface area contributed by atoms with Gasteiger partial charge in [-0.05, 0) is 36.2 Å². The van der Waals surface area contributed by atoms with Crippen molar-refractivity contribution in [3.8, 4) is 6.07 Å². The van der Waals surface area contributed by atoms with E-state index in [1.54, 1.807) is 0 Å². The monoisotopic (exact) mass is 454 g/mol. The van der Waals surface area contributed by atoms with E-state index in [-0.39, 0.29) is 28.4 Å². The van der Waals surface area contributed by atoms with Crippen LogP contribution in [0.15, 0.2) is 77.7 Å². The molecule has 1 heterocycles. The normalized spacial score (nSPS) is 29.5. The highest BCUT2D eigenvalue weighted by molar-refractivity contribution is 5.94. The van der Waals surface area contributed by atoms with Crippen LogP contribution < -0.4 is 5.73 Å². The second-order valence-corrected chi connectivity index (χ2v) is 10.4. The number of nitrogens with zero attached hydrogens (tertiary/aromatic N) is 1. The molecule has 2 fully saturated rings. The Balaban J connectivity index is 1.55. The standard InChI is InChI=1S/C29H30N2O3/c1-28(2)20-14-15-29(28,3)22(16-20)33-27(32)24-23(18-10-6-4-7-11-18)21(17-30)25(34-26(24)31)19-12-8-5-9-13-19/h4-13,20,22-23H,14-16,31H2,1-3H3/t20-,22+,23?,29+/m0/s1. The number of hydrogen-bond acceptors (Lipinski definition) is 5. The predicted molar refractivity (Wildman–Crippen MR) is 130 cm³/mol. The zero-order chi connectivity index (χ0) is 24.1. The second-order valence-electron chi connectivity index (χ2n) is 10.4. The third-order valence-electron chi connectivity index (χ3n) is 8.77. The summed E-state index contributed by atoms with van der Waals surface area (Å²) in [5, 5.41) is 10.2. The summed E-state index contributed by atoms with van der Waals surface area (Å²) in [6.45, 7) is 6.80. The van der Waals surface area contributed by atoms with Gasteiger partial charge in [0.2, 0.25) is 5.88 Å². The third kappa shape index (κ3) is 3.24. The fourth-order valence-electron chi connectivity index (χ4n) is 6.26. The Morgan fingerprint density at radius 1 is 1.09 bits per heavy atom. The van der Waals surface area contributed by atoms with Crippen molar-refractivity contribution < 1.29 is 14.3 Å². The lowest BCUT2D eigenvalue weighted by atomic mass is 9.70. The average Bonchev–Trinajstić information content (AvgIpc) is 3.18. The van der Waals surface area contributed by atoms with Gasteiger partial charge in [-0.2, -0.15) is 5.26 Å². The Morgan fingerprint density at radius 2 is 1.74 bits per heavy atom. The van der Waals surface area contributed by atoms with E-state index in [0.717, 1.165) is 24.0 Å². The second kappa shape index (κ2) is 8.06. The third-order valence-corrected chi connectivity index (χ3v) is 8.77. The number of allylic oxidation sites excluding steroid dienone is 1. The van der Waals surface area contributed by atoms with Crippen LogP contribution in [0.25, 0.3) is 5.76 Å². The molecule has 2 saturated carbocycles. The summed E-state index contributed by atoms with van der Waals surface area (Å²) in [6.07, 6.45) is 2.88. The molecule has 2 aromatic rings. The van der Waals surface area contributed by atoms with Gasteiger partial charge < -0.3 is 15.2 Å². The summed E-state index contributed by atoms with van der Waals surface area (Å²) in [5.74, 6) is -0.264. The van der Waals surface area contributed by atoms with Crippen LogP contribution in [0.4, 0.5) is 0 Å². The lowest BCUT2D eigenvalue weighted by Gasteiger charge is -2.39. The predicted octanol–water partition coefficient (Wildman–Crippen LogP) is 5.66. The van der Waals surface area contributed by atoms with E-state index in [9.17, 15) is 10.1 Å². The summed E-state index contributed by atoms with van der Waals surface area (Å²) in [4.78, 5) is 13.7. The summed E-state index contributed by atoms with van der Waals surface area (Å²) in [6, 6.07) is 21.2. The molecule has 0 radical (unpaired) electrons. The fourth-order valence-corrected chi connectivity index (χ4v) is 6.26. The molecule has 3 aliphatic rings. The van der Waals surface area contributed by atoms with E-state index < -0.39 is 11.9 Å². The lowest BCUT2D eigenvalue weighted by molar-refractivity contribution is -0.152. The molecule has 34 heavy (non-hydrogen) atoms. The summed E-state index contributed by atoms with van der Waals surface area (Å²) in [5.41, 5.74) is 8.51. The maximum atomic E-state index is 13.7. The van der Waals surface area contributed by atoms with E-state index in [4.69, 9.17) is 15.2 Å². The van der Waals surface area contributed by atoms with Crippen LogP contribution in [-0.4, -0.2) is 12.1 Å². The molecule has 2 aliphatic carbocycles. The van der Waals surface area contributed by atoms with Crippen molar-refractivity contribution in [3.63, 3.8) is 0 Å². The summed E-state index contributed by atoms with van der Waals surface area (Å²) in [7, 11) is 0. The maximum Gasteiger partial charge on any atom is 0.340 e. The first-order valence-electron chi connectivity index (χ1n) is 11.9. The van der Waals surface area contributed by atoms with E-state index in [2.05, 4.69) is 26.8 Å². The number of hydrogen-bond donors (Lipinski definition) is 1. The Labute approximate surface area is 200 Å². The molecule has 2 bridgehead atoms. The number of benzene rings is 2. The highest BCUT2D eigenvalue weighted by Crippen LogP contribution is 2.66. The van der Waals surface area contributed by atoms with Crippen molar-refractivity contribution in [2.75, 3.05) is 0 Å². The van der Waals surface area contributed by atoms with Gasteiger partial charge in [0, 0.05) is 11.0 Å². The minimum atomic E-state index is -0.665. The molecule has 5 rings (SSSR count). The summed E-state index contributed by atoms with van der Waals surface area (Å²) < 4.78 is 12.2. The van der Waals surface area contributed by atoms with Gasteiger partial charge in [0.05, 0.1) is 17.6 Å². The molecule has 5 nitrogen and oxygen atoms in total. The van der Waals surface area contributed by atoms with Gasteiger partial charge in [-0.3, -0.25) is 0 Å². The Kier molecular flexibility index (Phi) is 5.28. The number of nitriles is 1. The van der Waals surface area contributed by atoms with Crippen molar-refractivity contribution in [3.05, 3.63) is 88.8 Å². The molecule has 2 aromatic carbocycles. The van der Waals surface area contributed by atoms with Gasteiger partial charge in [0.15, 0.2) is 5.76 Å². The number of esters is 1. The van der Waals surface area contributed by atoms with Gasteiger partial charge in [0.25, 0.3) is 0 Å². The molecular weight excluding hydrogens is 424 g/mol. The fraction of sp³-hybridized carbons (Fsp3) is 0.379. The minimum Gasteiger partial charge on any atom is -0.458 e. The van der Waals surface area contributed by atoms with E-state index in [1.165, 1.54) is 6.42 Å². The van der Waals surface area contributed by atoms with Crippen molar-refractivity contribution in [2.45, 2.75) is 52.1 Å². The number of carbonyl (C=O) groups excluding carboxylic acids is 1. The lowest BCUT2D eigenvalue weighted by Crippen LogP contribution is -2.39. The van der Waals surface area contributed by atoms with Crippen LogP contribution in [0, 0.1) is 28.1 Å². The van der Waals surface area contributed by atoms with Crippen molar-refractivity contribution in [1.82, 2.24) is 0 Å². The molecule has 2 N–H and O–H groups in total. The molecule has 0 aromatic heterocycles. The van der Waals surface area contributed by atoms with Crippen LogP contribution in [0.1, 0.15) is 57.1 Å². The van der Waals surface area contributed by atoms with Crippen molar-refractivity contribution >= 4 is 11.7 Å². The number of fused-ring (bicyclic) bond motifs is 2. The quantitative estimate of drug-likeness (QED) is 0.602. The van der Waals surface area contributed by atoms with E-state index in [1.807, 2.05) is 60.7 Å². The maximum absolute atomic E-state index is 13.7. The molecule has 0 amide bonds. The van der Waals surface area contributed by atoms with Crippen LogP contribution >= 0.6 is 0 Å². The highest BCUT2D eigenvalue weighted by atomic mass is 16.5. The van der Waals surface area contributed by atoms with Crippen LogP contribution in [0.5, 0.6) is 0 Å². The first-order chi connectivity index (χ1) is 16.3. The first-order valence-corrected chi connectivity index (χ1v) is 11.9. The largest absolute Gasteiger partial charge is 0.458 e. The molecule has 5 heteroatoms. The van der Waals surface area contributed by atoms with Gasteiger partial charge >= 0.3 is 5.97 Å². The number of nitrogens with two attached hydrogens (primary N) is 1. The zero-order valence-electron chi connectivity index (χ0n) is 19.9. The number of rotatable bonds is 4.